The second-order valence-corrected chi connectivity index (χ2v) is 11.4. The van der Waals surface area contributed by atoms with Crippen LogP contribution in [0.4, 0.5) is 9.80 Å². The van der Waals surface area contributed by atoms with Gasteiger partial charge in [0.05, 0.1) is 17.2 Å². The highest BCUT2D eigenvalue weighted by Gasteiger charge is 2.41. The molecule has 182 valence electrons. The normalized spacial score (nSPS) is 28.3. The second kappa shape index (κ2) is 8.06. The van der Waals surface area contributed by atoms with Gasteiger partial charge in [0.2, 0.25) is 0 Å². The van der Waals surface area contributed by atoms with Gasteiger partial charge in [-0.2, -0.15) is 0 Å². The molecule has 4 saturated heterocycles. The van der Waals surface area contributed by atoms with Crippen LogP contribution in [0.15, 0.2) is 41.5 Å². The van der Waals surface area contributed by atoms with Gasteiger partial charge in [0.25, 0.3) is 5.56 Å². The minimum Gasteiger partial charge on any atom is -0.490 e. The van der Waals surface area contributed by atoms with Crippen LogP contribution in [-0.2, 0) is 0 Å². The number of amides is 2. The molecule has 0 spiro atoms. The van der Waals surface area contributed by atoms with E-state index < -0.39 is 0 Å². The minimum absolute atomic E-state index is 0.0487. The first kappa shape index (κ1) is 21.4. The smallest absolute Gasteiger partial charge is 0.325 e. The zero-order chi connectivity index (χ0) is 23.7. The molecule has 7 rings (SSSR count). The lowest BCUT2D eigenvalue weighted by molar-refractivity contribution is 0.0662. The maximum Gasteiger partial charge on any atom is 0.325 e. The minimum atomic E-state index is -0.112. The second-order valence-electron chi connectivity index (χ2n) is 10.4. The SMILES string of the molecule is CN1[C@@H]2CC[C@H]1CC(Oc1ccc(-n3cnc4cc(N5CC6CCCN6C5=O)sc4c3=O)cc1)C2. The number of aromatic nitrogens is 2. The number of rotatable bonds is 4. The van der Waals surface area contributed by atoms with E-state index in [1.165, 1.54) is 24.2 Å². The standard InChI is InChI=1S/C26H29N5O3S/c1-28-17-4-5-18(28)12-21(11-17)34-20-8-6-16(7-9-20)31-15-27-22-13-23(35-24(22)25(31)32)30-14-19-3-2-10-29(19)26(30)33/h6-9,13,15,17-19,21H,2-5,10-12,14H2,1H3/t17-,18+,19?,21?. The van der Waals surface area contributed by atoms with Crippen LogP contribution < -0.4 is 15.2 Å². The Hall–Kier alpha value is -2.91. The van der Waals surface area contributed by atoms with E-state index in [0.29, 0.717) is 34.9 Å². The maximum absolute atomic E-state index is 13.3. The molecule has 3 aromatic rings. The van der Waals surface area contributed by atoms with Gasteiger partial charge in [-0.25, -0.2) is 9.78 Å². The molecule has 4 aliphatic heterocycles. The molecule has 2 amide bonds. The Labute approximate surface area is 207 Å². The molecule has 8 nitrogen and oxygen atoms in total. The summed E-state index contributed by atoms with van der Waals surface area (Å²) in [6, 6.07) is 11.2. The predicted octanol–water partition coefficient (Wildman–Crippen LogP) is 3.86. The maximum atomic E-state index is 13.3. The number of piperidine rings is 1. The van der Waals surface area contributed by atoms with Gasteiger partial charge in [-0.05, 0) is 75.9 Å². The summed E-state index contributed by atoms with van der Waals surface area (Å²) >= 11 is 1.36. The lowest BCUT2D eigenvalue weighted by Crippen LogP contribution is -2.43. The predicted molar refractivity (Wildman–Crippen MR) is 136 cm³/mol. The summed E-state index contributed by atoms with van der Waals surface area (Å²) in [5.74, 6) is 0.844. The van der Waals surface area contributed by atoms with Crippen molar-refractivity contribution in [2.45, 2.75) is 62.8 Å². The third kappa shape index (κ3) is 3.47. The zero-order valence-corrected chi connectivity index (χ0v) is 20.6. The lowest BCUT2D eigenvalue weighted by atomic mass is 10.0. The van der Waals surface area contributed by atoms with Gasteiger partial charge in [-0.15, -0.1) is 11.3 Å². The first-order valence-corrected chi connectivity index (χ1v) is 13.4. The van der Waals surface area contributed by atoms with Crippen LogP contribution in [0, 0.1) is 0 Å². The Balaban J connectivity index is 1.11. The van der Waals surface area contributed by atoms with Crippen LogP contribution in [0.1, 0.15) is 38.5 Å². The fraction of sp³-hybridized carbons (Fsp3) is 0.500. The van der Waals surface area contributed by atoms with Crippen molar-refractivity contribution in [1.29, 1.82) is 0 Å². The Morgan fingerprint density at radius 2 is 1.80 bits per heavy atom. The van der Waals surface area contributed by atoms with Gasteiger partial charge in [-0.1, -0.05) is 0 Å². The fourth-order valence-corrected chi connectivity index (χ4v) is 7.50. The highest BCUT2D eigenvalue weighted by Crippen LogP contribution is 2.37. The van der Waals surface area contributed by atoms with Gasteiger partial charge in [0.1, 0.15) is 27.9 Å². The average molecular weight is 492 g/mol. The van der Waals surface area contributed by atoms with E-state index in [1.54, 1.807) is 15.8 Å². The van der Waals surface area contributed by atoms with Crippen molar-refractivity contribution < 1.29 is 9.53 Å². The summed E-state index contributed by atoms with van der Waals surface area (Å²) in [5, 5.41) is 0.803. The highest BCUT2D eigenvalue weighted by molar-refractivity contribution is 7.22. The van der Waals surface area contributed by atoms with Crippen molar-refractivity contribution in [3.05, 3.63) is 47.0 Å². The van der Waals surface area contributed by atoms with E-state index in [9.17, 15) is 9.59 Å². The summed E-state index contributed by atoms with van der Waals surface area (Å²) < 4.78 is 8.46. The molecule has 2 unspecified atom stereocenters. The van der Waals surface area contributed by atoms with Crippen LogP contribution in [0.5, 0.6) is 5.75 Å². The van der Waals surface area contributed by atoms with Gasteiger partial charge in [-0.3, -0.25) is 14.3 Å². The average Bonchev–Trinajstić information content (AvgIpc) is 3.60. The van der Waals surface area contributed by atoms with Crippen molar-refractivity contribution in [3.63, 3.8) is 0 Å². The fourth-order valence-electron chi connectivity index (χ4n) is 6.46. The number of ether oxygens (including phenoxy) is 1. The first-order chi connectivity index (χ1) is 17.0. The molecule has 0 saturated carbocycles. The highest BCUT2D eigenvalue weighted by atomic mass is 32.1. The number of anilines is 1. The van der Waals surface area contributed by atoms with Crippen molar-refractivity contribution in [1.82, 2.24) is 19.4 Å². The number of urea groups is 1. The summed E-state index contributed by atoms with van der Waals surface area (Å²) in [5.41, 5.74) is 1.29. The summed E-state index contributed by atoms with van der Waals surface area (Å²) in [6.45, 7) is 1.52. The number of benzene rings is 1. The monoisotopic (exact) mass is 491 g/mol. The number of carbonyl (C=O) groups is 1. The van der Waals surface area contributed by atoms with E-state index in [4.69, 9.17) is 4.74 Å². The van der Waals surface area contributed by atoms with Gasteiger partial charge >= 0.3 is 6.03 Å². The summed E-state index contributed by atoms with van der Waals surface area (Å²) in [6.07, 6.45) is 8.66. The number of fused-ring (bicyclic) bond motifs is 4. The molecule has 35 heavy (non-hydrogen) atoms. The van der Waals surface area contributed by atoms with Crippen molar-refractivity contribution in [2.24, 2.45) is 0 Å². The van der Waals surface area contributed by atoms with Crippen molar-refractivity contribution in [3.8, 4) is 11.4 Å². The first-order valence-electron chi connectivity index (χ1n) is 12.6. The molecule has 0 radical (unpaired) electrons. The number of carbonyl (C=O) groups excluding carboxylic acids is 1. The number of nitrogens with zero attached hydrogens (tertiary/aromatic N) is 5. The third-order valence-corrected chi connectivity index (χ3v) is 9.55. The Kier molecular flexibility index (Phi) is 4.92. The number of hydrogen-bond donors (Lipinski definition) is 0. The summed E-state index contributed by atoms with van der Waals surface area (Å²) in [7, 11) is 2.23. The van der Waals surface area contributed by atoms with Crippen LogP contribution >= 0.6 is 11.3 Å². The lowest BCUT2D eigenvalue weighted by Gasteiger charge is -2.36. The molecule has 4 fully saturated rings. The molecule has 4 aliphatic rings. The van der Waals surface area contributed by atoms with Crippen molar-refractivity contribution >= 4 is 32.6 Å². The van der Waals surface area contributed by atoms with Gasteiger partial charge < -0.3 is 14.5 Å². The molecule has 9 heteroatoms. The summed E-state index contributed by atoms with van der Waals surface area (Å²) in [4.78, 5) is 37.0. The Morgan fingerprint density at radius 1 is 1.03 bits per heavy atom. The molecule has 1 aromatic carbocycles. The quantitative estimate of drug-likeness (QED) is 0.554. The number of hydrogen-bond acceptors (Lipinski definition) is 6. The molecule has 2 bridgehead atoms. The molecular formula is C26H29N5O3S. The molecule has 6 heterocycles. The zero-order valence-electron chi connectivity index (χ0n) is 19.8. The van der Waals surface area contributed by atoms with E-state index in [-0.39, 0.29) is 17.7 Å². The van der Waals surface area contributed by atoms with Gasteiger partial charge in [0.15, 0.2) is 0 Å². The Bertz CT molecular complexity index is 1340. The molecular weight excluding hydrogens is 462 g/mol. The van der Waals surface area contributed by atoms with Gasteiger partial charge in [0, 0.05) is 25.2 Å². The third-order valence-electron chi connectivity index (χ3n) is 8.41. The van der Waals surface area contributed by atoms with Crippen LogP contribution in [0.25, 0.3) is 15.9 Å². The topological polar surface area (TPSA) is 70.9 Å². The van der Waals surface area contributed by atoms with E-state index in [0.717, 1.165) is 48.7 Å². The van der Waals surface area contributed by atoms with Crippen LogP contribution in [0.3, 0.4) is 0 Å². The number of thiophene rings is 1. The molecule has 0 aliphatic carbocycles. The van der Waals surface area contributed by atoms with E-state index in [2.05, 4.69) is 16.9 Å². The molecule has 2 aromatic heterocycles. The molecule has 4 atom stereocenters. The van der Waals surface area contributed by atoms with Crippen LogP contribution in [-0.4, -0.2) is 69.7 Å². The van der Waals surface area contributed by atoms with E-state index >= 15 is 0 Å². The van der Waals surface area contributed by atoms with Crippen molar-refractivity contribution in [2.75, 3.05) is 25.0 Å². The van der Waals surface area contributed by atoms with Crippen LogP contribution in [0.2, 0.25) is 0 Å². The molecule has 0 N–H and O–H groups in total. The Morgan fingerprint density at radius 3 is 2.54 bits per heavy atom. The largest absolute Gasteiger partial charge is 0.490 e. The van der Waals surface area contributed by atoms with E-state index in [1.807, 2.05) is 35.2 Å².